The van der Waals surface area contributed by atoms with Gasteiger partial charge in [0.15, 0.2) is 0 Å². The van der Waals surface area contributed by atoms with E-state index < -0.39 is 0 Å². The zero-order valence-electron chi connectivity index (χ0n) is 6.29. The van der Waals surface area contributed by atoms with Crippen molar-refractivity contribution in [3.63, 3.8) is 0 Å². The fraction of sp³-hybridized carbons (Fsp3) is 0. The van der Waals surface area contributed by atoms with Crippen LogP contribution in [-0.2, 0) is 0 Å². The van der Waals surface area contributed by atoms with Crippen LogP contribution in [-0.4, -0.2) is 12.8 Å². The molecule has 0 aliphatic carbocycles. The number of halogens is 1. The van der Waals surface area contributed by atoms with Gasteiger partial charge in [-0.3, -0.25) is 0 Å². The maximum Gasteiger partial charge on any atom is 0.136 e. The molecule has 0 spiro atoms. The molecule has 1 aromatic carbocycles. The Morgan fingerprint density at radius 2 is 2.08 bits per heavy atom. The monoisotopic (exact) mass is 173 g/mol. The molecule has 56 valence electrons. The summed E-state index contributed by atoms with van der Waals surface area (Å²) in [6.45, 7) is 0. The average Bonchev–Trinajstić information content (AvgIpc) is 2.07. The van der Waals surface area contributed by atoms with Gasteiger partial charge in [0.05, 0.1) is 0 Å². The van der Waals surface area contributed by atoms with Crippen molar-refractivity contribution >= 4 is 35.7 Å². The standard InChI is InChI=1S/C9H5BClN/c10-7-2-1-6-3-4-12-9(11)8(6)5-7/h1-5H. The number of hydrogen-bond acceptors (Lipinski definition) is 1. The van der Waals surface area contributed by atoms with E-state index in [1.165, 1.54) is 0 Å². The summed E-state index contributed by atoms with van der Waals surface area (Å²) < 4.78 is 0. The predicted molar refractivity (Wildman–Crippen MR) is 52.1 cm³/mol. The Hall–Kier alpha value is -1.02. The van der Waals surface area contributed by atoms with E-state index in [1.54, 1.807) is 6.20 Å². The molecular weight excluding hydrogens is 168 g/mol. The lowest BCUT2D eigenvalue weighted by atomic mass is 9.94. The fourth-order valence-corrected chi connectivity index (χ4v) is 1.37. The van der Waals surface area contributed by atoms with Gasteiger partial charge in [0.2, 0.25) is 0 Å². The molecule has 2 radical (unpaired) electrons. The van der Waals surface area contributed by atoms with Crippen LogP contribution >= 0.6 is 11.6 Å². The van der Waals surface area contributed by atoms with E-state index in [1.807, 2.05) is 24.3 Å². The Kier molecular flexibility index (Phi) is 1.78. The number of rotatable bonds is 0. The molecule has 1 aromatic heterocycles. The minimum atomic E-state index is 0.500. The molecule has 0 amide bonds. The molecule has 0 atom stereocenters. The lowest BCUT2D eigenvalue weighted by Crippen LogP contribution is -1.99. The number of pyridine rings is 1. The van der Waals surface area contributed by atoms with Gasteiger partial charge in [-0.1, -0.05) is 35.3 Å². The lowest BCUT2D eigenvalue weighted by molar-refractivity contribution is 1.36. The molecule has 0 N–H and O–H groups in total. The second-order valence-electron chi connectivity index (χ2n) is 2.58. The van der Waals surface area contributed by atoms with Crippen LogP contribution in [0.2, 0.25) is 5.15 Å². The molecule has 0 unspecified atom stereocenters. The quantitative estimate of drug-likeness (QED) is 0.436. The predicted octanol–water partition coefficient (Wildman–Crippen LogP) is 1.68. The van der Waals surface area contributed by atoms with Crippen molar-refractivity contribution in [1.82, 2.24) is 4.98 Å². The molecule has 2 rings (SSSR count). The third-order valence-corrected chi connectivity index (χ3v) is 2.04. The second-order valence-corrected chi connectivity index (χ2v) is 2.94. The first-order valence-electron chi connectivity index (χ1n) is 3.57. The van der Waals surface area contributed by atoms with Gasteiger partial charge in [-0.05, 0) is 11.5 Å². The highest BCUT2D eigenvalue weighted by atomic mass is 35.5. The van der Waals surface area contributed by atoms with Crippen LogP contribution in [0.25, 0.3) is 10.8 Å². The Morgan fingerprint density at radius 3 is 2.92 bits per heavy atom. The summed E-state index contributed by atoms with van der Waals surface area (Å²) >= 11 is 5.86. The molecule has 12 heavy (non-hydrogen) atoms. The van der Waals surface area contributed by atoms with Gasteiger partial charge in [-0.15, -0.1) is 0 Å². The maximum atomic E-state index is 5.86. The van der Waals surface area contributed by atoms with Gasteiger partial charge in [-0.25, -0.2) is 4.98 Å². The summed E-state index contributed by atoms with van der Waals surface area (Å²) in [5, 5.41) is 2.46. The number of hydrogen-bond donors (Lipinski definition) is 0. The summed E-state index contributed by atoms with van der Waals surface area (Å²) in [4.78, 5) is 3.96. The highest BCUT2D eigenvalue weighted by molar-refractivity contribution is 6.36. The van der Waals surface area contributed by atoms with Gasteiger partial charge in [0.25, 0.3) is 0 Å². The number of aromatic nitrogens is 1. The van der Waals surface area contributed by atoms with Gasteiger partial charge < -0.3 is 0 Å². The van der Waals surface area contributed by atoms with Crippen molar-refractivity contribution < 1.29 is 0 Å². The zero-order chi connectivity index (χ0) is 8.55. The topological polar surface area (TPSA) is 12.9 Å². The Bertz CT molecular complexity index is 428. The van der Waals surface area contributed by atoms with E-state index in [9.17, 15) is 0 Å². The molecule has 0 saturated heterocycles. The molecule has 0 aliphatic heterocycles. The number of nitrogens with zero attached hydrogens (tertiary/aromatic N) is 1. The number of fused-ring (bicyclic) bond motifs is 1. The van der Waals surface area contributed by atoms with Gasteiger partial charge in [0, 0.05) is 11.6 Å². The van der Waals surface area contributed by atoms with E-state index in [0.717, 1.165) is 10.8 Å². The molecule has 2 aromatic rings. The highest BCUT2D eigenvalue weighted by Crippen LogP contribution is 2.18. The number of benzene rings is 1. The van der Waals surface area contributed by atoms with E-state index in [0.29, 0.717) is 10.6 Å². The van der Waals surface area contributed by atoms with Crippen molar-refractivity contribution in [1.29, 1.82) is 0 Å². The van der Waals surface area contributed by atoms with Gasteiger partial charge in [-0.2, -0.15) is 0 Å². The van der Waals surface area contributed by atoms with Crippen LogP contribution in [0.4, 0.5) is 0 Å². The van der Waals surface area contributed by atoms with Crippen LogP contribution in [0, 0.1) is 0 Å². The minimum Gasteiger partial charge on any atom is -0.244 e. The van der Waals surface area contributed by atoms with Crippen molar-refractivity contribution in [2.75, 3.05) is 0 Å². The Labute approximate surface area is 76.8 Å². The molecule has 0 fully saturated rings. The van der Waals surface area contributed by atoms with Crippen molar-refractivity contribution in [3.8, 4) is 0 Å². The van der Waals surface area contributed by atoms with Crippen LogP contribution in [0.5, 0.6) is 0 Å². The molecule has 1 nitrogen and oxygen atoms in total. The van der Waals surface area contributed by atoms with Crippen LogP contribution < -0.4 is 5.46 Å². The molecular formula is C9H5BClN. The summed E-state index contributed by atoms with van der Waals surface area (Å²) in [5.41, 5.74) is 0.706. The summed E-state index contributed by atoms with van der Waals surface area (Å²) in [7, 11) is 5.61. The first-order valence-corrected chi connectivity index (χ1v) is 3.95. The molecule has 0 bridgehead atoms. The highest BCUT2D eigenvalue weighted by Gasteiger charge is 1.97. The summed E-state index contributed by atoms with van der Waals surface area (Å²) in [6, 6.07) is 7.50. The van der Waals surface area contributed by atoms with E-state index in [2.05, 4.69) is 4.98 Å². The zero-order valence-corrected chi connectivity index (χ0v) is 7.05. The Morgan fingerprint density at radius 1 is 1.25 bits per heavy atom. The smallest absolute Gasteiger partial charge is 0.136 e. The fourth-order valence-electron chi connectivity index (χ4n) is 1.15. The molecule has 0 aliphatic rings. The Balaban J connectivity index is 2.88. The summed E-state index contributed by atoms with van der Waals surface area (Å²) in [6.07, 6.45) is 1.68. The molecule has 3 heteroatoms. The van der Waals surface area contributed by atoms with Crippen LogP contribution in [0.15, 0.2) is 30.5 Å². The van der Waals surface area contributed by atoms with Crippen LogP contribution in [0.1, 0.15) is 0 Å². The van der Waals surface area contributed by atoms with Crippen molar-refractivity contribution in [3.05, 3.63) is 35.6 Å². The lowest BCUT2D eigenvalue weighted by Gasteiger charge is -1.99. The van der Waals surface area contributed by atoms with E-state index >= 15 is 0 Å². The minimum absolute atomic E-state index is 0.500. The first kappa shape index (κ1) is 7.62. The second kappa shape index (κ2) is 2.79. The molecule has 0 saturated carbocycles. The third kappa shape index (κ3) is 1.19. The normalized spacial score (nSPS) is 10.4. The largest absolute Gasteiger partial charge is 0.244 e. The van der Waals surface area contributed by atoms with Crippen molar-refractivity contribution in [2.24, 2.45) is 0 Å². The maximum absolute atomic E-state index is 5.86. The average molecular weight is 173 g/mol. The first-order chi connectivity index (χ1) is 5.77. The third-order valence-electron chi connectivity index (χ3n) is 1.74. The van der Waals surface area contributed by atoms with Gasteiger partial charge in [0.1, 0.15) is 13.0 Å². The SMILES string of the molecule is [B]c1ccc2ccnc(Cl)c2c1. The van der Waals surface area contributed by atoms with E-state index in [-0.39, 0.29) is 0 Å². The van der Waals surface area contributed by atoms with Crippen molar-refractivity contribution in [2.45, 2.75) is 0 Å². The van der Waals surface area contributed by atoms with Gasteiger partial charge >= 0.3 is 0 Å². The van der Waals surface area contributed by atoms with E-state index in [4.69, 9.17) is 19.4 Å². The molecule has 1 heterocycles. The summed E-state index contributed by atoms with van der Waals surface area (Å²) in [5.74, 6) is 0. The van der Waals surface area contributed by atoms with Crippen LogP contribution in [0.3, 0.4) is 0 Å².